The number of hydrogen-bond acceptors (Lipinski definition) is 3. The first-order valence-corrected chi connectivity index (χ1v) is 7.46. The quantitative estimate of drug-likeness (QED) is 0.940. The Bertz CT molecular complexity index is 682. The number of nitrogens with zero attached hydrogens (tertiary/aromatic N) is 2. The molecule has 2 aromatic rings. The van der Waals surface area contributed by atoms with E-state index >= 15 is 0 Å². The smallest absolute Gasteiger partial charge is 0.304 e. The van der Waals surface area contributed by atoms with Gasteiger partial charge in [0.1, 0.15) is 0 Å². The summed E-state index contributed by atoms with van der Waals surface area (Å²) in [4.78, 5) is 17.8. The maximum Gasteiger partial charge on any atom is 0.304 e. The number of carbonyl (C=O) groups is 1. The van der Waals surface area contributed by atoms with E-state index in [1.807, 2.05) is 6.07 Å². The fourth-order valence-corrected chi connectivity index (χ4v) is 3.14. The fraction of sp³-hybridized carbons (Fsp3) is 0.412. The maximum atomic E-state index is 10.7. The Morgan fingerprint density at radius 3 is 2.86 bits per heavy atom. The SMILES string of the molecule is Cc1c2c(nc3ccccc13)CCN(CCC(=O)O)CC2. The number of aliphatic carboxylic acids is 1. The summed E-state index contributed by atoms with van der Waals surface area (Å²) in [5.74, 6) is -0.725. The van der Waals surface area contributed by atoms with Crippen molar-refractivity contribution in [2.75, 3.05) is 19.6 Å². The molecule has 0 aliphatic carbocycles. The van der Waals surface area contributed by atoms with E-state index in [0.29, 0.717) is 6.54 Å². The summed E-state index contributed by atoms with van der Waals surface area (Å²) in [6.07, 6.45) is 2.07. The highest BCUT2D eigenvalue weighted by atomic mass is 16.4. The topological polar surface area (TPSA) is 53.4 Å². The van der Waals surface area contributed by atoms with Crippen LogP contribution in [-0.4, -0.2) is 40.6 Å². The summed E-state index contributed by atoms with van der Waals surface area (Å²) in [6.45, 7) is 4.61. The number of aryl methyl sites for hydroxylation is 1. The Morgan fingerprint density at radius 2 is 2.05 bits per heavy atom. The van der Waals surface area contributed by atoms with Crippen LogP contribution in [0.3, 0.4) is 0 Å². The van der Waals surface area contributed by atoms with Crippen molar-refractivity contribution in [1.82, 2.24) is 9.88 Å². The van der Waals surface area contributed by atoms with Crippen LogP contribution in [0, 0.1) is 6.92 Å². The summed E-state index contributed by atoms with van der Waals surface area (Å²) in [5.41, 5.74) is 4.93. The van der Waals surface area contributed by atoms with Gasteiger partial charge >= 0.3 is 5.97 Å². The summed E-state index contributed by atoms with van der Waals surface area (Å²) in [6, 6.07) is 8.27. The Labute approximate surface area is 124 Å². The molecular weight excluding hydrogens is 264 g/mol. The zero-order valence-corrected chi connectivity index (χ0v) is 12.3. The Hall–Kier alpha value is -1.94. The Balaban J connectivity index is 1.87. The molecule has 0 fully saturated rings. The van der Waals surface area contributed by atoms with Gasteiger partial charge in [0.2, 0.25) is 0 Å². The molecule has 110 valence electrons. The second kappa shape index (κ2) is 5.82. The molecule has 4 heteroatoms. The first-order chi connectivity index (χ1) is 10.1. The number of benzene rings is 1. The van der Waals surface area contributed by atoms with Gasteiger partial charge in [0, 0.05) is 37.1 Å². The van der Waals surface area contributed by atoms with Gasteiger partial charge in [-0.3, -0.25) is 9.78 Å². The molecule has 0 spiro atoms. The van der Waals surface area contributed by atoms with E-state index in [0.717, 1.165) is 31.4 Å². The molecule has 1 aliphatic rings. The van der Waals surface area contributed by atoms with Gasteiger partial charge in [-0.05, 0) is 30.5 Å². The molecule has 1 aromatic heterocycles. The van der Waals surface area contributed by atoms with Gasteiger partial charge in [-0.2, -0.15) is 0 Å². The molecule has 1 N–H and O–H groups in total. The first kappa shape index (κ1) is 14.0. The molecule has 0 radical (unpaired) electrons. The van der Waals surface area contributed by atoms with Crippen molar-refractivity contribution in [1.29, 1.82) is 0 Å². The highest BCUT2D eigenvalue weighted by molar-refractivity contribution is 5.83. The van der Waals surface area contributed by atoms with Crippen LogP contribution in [-0.2, 0) is 17.6 Å². The van der Waals surface area contributed by atoms with Crippen molar-refractivity contribution in [3.63, 3.8) is 0 Å². The highest BCUT2D eigenvalue weighted by Crippen LogP contribution is 2.25. The minimum Gasteiger partial charge on any atom is -0.481 e. The minimum absolute atomic E-state index is 0.213. The molecule has 3 rings (SSSR count). The molecule has 21 heavy (non-hydrogen) atoms. The molecular formula is C17H20N2O2. The van der Waals surface area contributed by atoms with Gasteiger partial charge in [-0.15, -0.1) is 0 Å². The van der Waals surface area contributed by atoms with Gasteiger partial charge in [-0.25, -0.2) is 0 Å². The van der Waals surface area contributed by atoms with Gasteiger partial charge < -0.3 is 10.0 Å². The zero-order chi connectivity index (χ0) is 14.8. The minimum atomic E-state index is -0.725. The predicted octanol–water partition coefficient (Wildman–Crippen LogP) is 2.42. The van der Waals surface area contributed by atoms with Crippen LogP contribution in [0.2, 0.25) is 0 Å². The first-order valence-electron chi connectivity index (χ1n) is 7.46. The third-order valence-corrected chi connectivity index (χ3v) is 4.35. The molecule has 1 aromatic carbocycles. The number of pyridine rings is 1. The Kier molecular flexibility index (Phi) is 3.88. The van der Waals surface area contributed by atoms with Gasteiger partial charge in [0.15, 0.2) is 0 Å². The number of fused-ring (bicyclic) bond motifs is 2. The molecule has 1 aliphatic heterocycles. The van der Waals surface area contributed by atoms with Crippen molar-refractivity contribution < 1.29 is 9.90 Å². The number of para-hydroxylation sites is 1. The van der Waals surface area contributed by atoms with Crippen LogP contribution < -0.4 is 0 Å². The van der Waals surface area contributed by atoms with E-state index in [-0.39, 0.29) is 6.42 Å². The van der Waals surface area contributed by atoms with E-state index in [1.54, 1.807) is 0 Å². The lowest BCUT2D eigenvalue weighted by atomic mass is 9.99. The third kappa shape index (κ3) is 2.90. The van der Waals surface area contributed by atoms with Crippen molar-refractivity contribution in [3.8, 4) is 0 Å². The van der Waals surface area contributed by atoms with Gasteiger partial charge in [0.05, 0.1) is 11.9 Å². The molecule has 2 heterocycles. The second-order valence-electron chi connectivity index (χ2n) is 5.66. The van der Waals surface area contributed by atoms with E-state index in [9.17, 15) is 4.79 Å². The van der Waals surface area contributed by atoms with Gasteiger partial charge in [-0.1, -0.05) is 18.2 Å². The number of carboxylic acid groups (broad SMARTS) is 1. The molecule has 0 unspecified atom stereocenters. The molecule has 0 saturated heterocycles. The van der Waals surface area contributed by atoms with E-state index in [2.05, 4.69) is 30.0 Å². The van der Waals surface area contributed by atoms with Crippen LogP contribution in [0.5, 0.6) is 0 Å². The highest BCUT2D eigenvalue weighted by Gasteiger charge is 2.18. The fourth-order valence-electron chi connectivity index (χ4n) is 3.14. The van der Waals surface area contributed by atoms with Crippen molar-refractivity contribution in [3.05, 3.63) is 41.1 Å². The normalized spacial score (nSPS) is 15.7. The average Bonchev–Trinajstić information content (AvgIpc) is 2.68. The van der Waals surface area contributed by atoms with Crippen LogP contribution in [0.1, 0.15) is 23.2 Å². The predicted molar refractivity (Wildman–Crippen MR) is 82.6 cm³/mol. The lowest BCUT2D eigenvalue weighted by molar-refractivity contribution is -0.137. The number of rotatable bonds is 3. The third-order valence-electron chi connectivity index (χ3n) is 4.35. The summed E-state index contributed by atoms with van der Waals surface area (Å²) < 4.78 is 0. The van der Waals surface area contributed by atoms with Crippen molar-refractivity contribution in [2.45, 2.75) is 26.2 Å². The number of aromatic nitrogens is 1. The monoisotopic (exact) mass is 284 g/mol. The molecule has 0 atom stereocenters. The number of hydrogen-bond donors (Lipinski definition) is 1. The van der Waals surface area contributed by atoms with Crippen LogP contribution in [0.4, 0.5) is 0 Å². The largest absolute Gasteiger partial charge is 0.481 e. The summed E-state index contributed by atoms with van der Waals surface area (Å²) >= 11 is 0. The molecule has 0 amide bonds. The Morgan fingerprint density at radius 1 is 1.29 bits per heavy atom. The van der Waals surface area contributed by atoms with Crippen molar-refractivity contribution in [2.24, 2.45) is 0 Å². The second-order valence-corrected chi connectivity index (χ2v) is 5.66. The van der Waals surface area contributed by atoms with Crippen LogP contribution >= 0.6 is 0 Å². The molecule has 4 nitrogen and oxygen atoms in total. The van der Waals surface area contributed by atoms with E-state index in [4.69, 9.17) is 10.1 Å². The maximum absolute atomic E-state index is 10.7. The van der Waals surface area contributed by atoms with Crippen molar-refractivity contribution >= 4 is 16.9 Å². The van der Waals surface area contributed by atoms with Crippen LogP contribution in [0.25, 0.3) is 10.9 Å². The summed E-state index contributed by atoms with van der Waals surface area (Å²) in [5, 5.41) is 10.1. The number of carboxylic acids is 1. The van der Waals surface area contributed by atoms with E-state index in [1.165, 1.54) is 22.2 Å². The van der Waals surface area contributed by atoms with Crippen LogP contribution in [0.15, 0.2) is 24.3 Å². The van der Waals surface area contributed by atoms with E-state index < -0.39 is 5.97 Å². The zero-order valence-electron chi connectivity index (χ0n) is 12.3. The molecule has 0 bridgehead atoms. The standard InChI is InChI=1S/C17H20N2O2/c1-12-13-4-2-3-5-15(13)18-16-7-10-19(9-6-14(12)16)11-8-17(20)21/h2-5H,6-11H2,1H3,(H,20,21). The lowest BCUT2D eigenvalue weighted by Crippen LogP contribution is -2.28. The lowest BCUT2D eigenvalue weighted by Gasteiger charge is -2.18. The average molecular weight is 284 g/mol. The van der Waals surface area contributed by atoms with Gasteiger partial charge in [0.25, 0.3) is 0 Å². The molecule has 0 saturated carbocycles. The summed E-state index contributed by atoms with van der Waals surface area (Å²) in [7, 11) is 0.